The number of ketones is 2. The lowest BCUT2D eigenvalue weighted by Gasteiger charge is -2.67. The van der Waals surface area contributed by atoms with Crippen LogP contribution in [0.15, 0.2) is 30.3 Å². The van der Waals surface area contributed by atoms with Crippen molar-refractivity contribution >= 4 is 36.8 Å². The first-order valence-corrected chi connectivity index (χ1v) is 18.8. The van der Waals surface area contributed by atoms with Crippen molar-refractivity contribution in [1.29, 1.82) is 0 Å². The average molecular weight is 613 g/mol. The first-order chi connectivity index (χ1) is 20.2. The third-order valence-electron chi connectivity index (χ3n) is 13.0. The molecular formula is C34H48O8Si. The van der Waals surface area contributed by atoms with Gasteiger partial charge in [-0.2, -0.15) is 0 Å². The van der Waals surface area contributed by atoms with Crippen LogP contribution in [0.5, 0.6) is 0 Å². The fourth-order valence-corrected chi connectivity index (χ4v) is 13.5. The van der Waals surface area contributed by atoms with Crippen molar-refractivity contribution < 1.29 is 38.5 Å². The van der Waals surface area contributed by atoms with Crippen LogP contribution in [0, 0.1) is 34.0 Å². The zero-order chi connectivity index (χ0) is 31.6. The van der Waals surface area contributed by atoms with E-state index in [-0.39, 0.29) is 60.9 Å². The van der Waals surface area contributed by atoms with Gasteiger partial charge in [-0.15, -0.1) is 0 Å². The summed E-state index contributed by atoms with van der Waals surface area (Å²) < 4.78 is 16.8. The highest BCUT2D eigenvalue weighted by Crippen LogP contribution is 2.74. The Hall–Kier alpha value is -2.36. The van der Waals surface area contributed by atoms with Crippen molar-refractivity contribution in [1.82, 2.24) is 0 Å². The van der Waals surface area contributed by atoms with Gasteiger partial charge in [0.15, 0.2) is 0 Å². The number of rotatable bonds is 7. The maximum atomic E-state index is 14.8. The van der Waals surface area contributed by atoms with E-state index in [0.29, 0.717) is 25.7 Å². The van der Waals surface area contributed by atoms with E-state index in [9.17, 15) is 24.3 Å². The van der Waals surface area contributed by atoms with Crippen molar-refractivity contribution in [3.63, 3.8) is 0 Å². The Morgan fingerprint density at radius 2 is 1.72 bits per heavy atom. The second-order valence-electron chi connectivity index (χ2n) is 14.5. The number of carbonyl (C=O) groups is 4. The molecule has 8 nitrogen and oxygen atoms in total. The lowest BCUT2D eigenvalue weighted by molar-refractivity contribution is -0.254. The molecular weight excluding hydrogens is 564 g/mol. The number of hydrogen-bond acceptors (Lipinski definition) is 8. The summed E-state index contributed by atoms with van der Waals surface area (Å²) in [6.07, 6.45) is 2.11. The number of carbonyl (C=O) groups excluding carboxylic acids is 4. The van der Waals surface area contributed by atoms with Gasteiger partial charge in [0.1, 0.15) is 23.6 Å². The van der Waals surface area contributed by atoms with Gasteiger partial charge in [0.05, 0.1) is 37.7 Å². The van der Waals surface area contributed by atoms with Crippen molar-refractivity contribution in [3.05, 3.63) is 30.3 Å². The van der Waals surface area contributed by atoms with E-state index in [4.69, 9.17) is 14.2 Å². The molecule has 4 saturated carbocycles. The van der Waals surface area contributed by atoms with Gasteiger partial charge in [-0.1, -0.05) is 48.6 Å². The summed E-state index contributed by atoms with van der Waals surface area (Å²) in [6.45, 7) is 9.46. The number of hydrogen-bond donors (Lipinski definition) is 1. The number of benzene rings is 1. The minimum atomic E-state index is -2.12. The molecule has 236 valence electrons. The van der Waals surface area contributed by atoms with Crippen LogP contribution in [0.3, 0.4) is 0 Å². The van der Waals surface area contributed by atoms with Crippen LogP contribution in [0.2, 0.25) is 18.6 Å². The first kappa shape index (κ1) is 32.0. The largest absolute Gasteiger partial charge is 0.468 e. The number of esters is 2. The van der Waals surface area contributed by atoms with E-state index >= 15 is 0 Å². The highest BCUT2D eigenvalue weighted by atomic mass is 28.3. The number of ether oxygens (including phenoxy) is 3. The van der Waals surface area contributed by atoms with Crippen LogP contribution >= 0.6 is 0 Å². The van der Waals surface area contributed by atoms with Crippen LogP contribution in [-0.2, 0) is 33.4 Å². The molecule has 9 atom stereocenters. The molecule has 0 aromatic heterocycles. The van der Waals surface area contributed by atoms with Crippen LogP contribution in [0.4, 0.5) is 0 Å². The molecule has 1 N–H and O–H groups in total. The molecule has 4 fully saturated rings. The van der Waals surface area contributed by atoms with E-state index in [1.54, 1.807) is 14.0 Å². The van der Waals surface area contributed by atoms with Gasteiger partial charge in [-0.05, 0) is 63.3 Å². The summed E-state index contributed by atoms with van der Waals surface area (Å²) >= 11 is 0. The summed E-state index contributed by atoms with van der Waals surface area (Å²) in [5, 5.41) is 14.2. The summed E-state index contributed by atoms with van der Waals surface area (Å²) in [6, 6.07) is 10.3. The number of aliphatic hydroxyl groups is 1. The Morgan fingerprint density at radius 3 is 2.33 bits per heavy atom. The highest BCUT2D eigenvalue weighted by Gasteiger charge is 2.81. The van der Waals surface area contributed by atoms with E-state index in [0.717, 1.165) is 0 Å². The third kappa shape index (κ3) is 4.20. The topological polar surface area (TPSA) is 116 Å². The molecule has 0 unspecified atom stereocenters. The summed E-state index contributed by atoms with van der Waals surface area (Å²) in [5.41, 5.74) is -5.50. The van der Waals surface area contributed by atoms with Gasteiger partial charge in [0, 0.05) is 32.8 Å². The maximum absolute atomic E-state index is 14.8. The second-order valence-corrected chi connectivity index (χ2v) is 19.3. The maximum Gasteiger partial charge on any atom is 0.315 e. The van der Waals surface area contributed by atoms with E-state index < -0.39 is 47.8 Å². The van der Waals surface area contributed by atoms with Crippen LogP contribution < -0.4 is 5.19 Å². The molecule has 1 aromatic rings. The van der Waals surface area contributed by atoms with Gasteiger partial charge in [0.2, 0.25) is 0 Å². The Morgan fingerprint density at radius 1 is 1.05 bits per heavy atom. The first-order valence-electron chi connectivity index (χ1n) is 15.8. The van der Waals surface area contributed by atoms with Gasteiger partial charge in [-0.25, -0.2) is 0 Å². The molecule has 43 heavy (non-hydrogen) atoms. The van der Waals surface area contributed by atoms with Crippen molar-refractivity contribution in [3.8, 4) is 0 Å². The molecule has 0 radical (unpaired) electrons. The zero-order valence-corrected chi connectivity index (χ0v) is 27.7. The molecule has 0 bridgehead atoms. The minimum Gasteiger partial charge on any atom is -0.468 e. The molecule has 9 heteroatoms. The molecule has 4 aliphatic rings. The monoisotopic (exact) mass is 612 g/mol. The lowest BCUT2D eigenvalue weighted by atomic mass is 9.36. The molecule has 0 saturated heterocycles. The van der Waals surface area contributed by atoms with Gasteiger partial charge in [-0.3, -0.25) is 19.2 Å². The molecule has 4 aliphatic carbocycles. The average Bonchev–Trinajstić information content (AvgIpc) is 3.31. The molecule has 0 heterocycles. The van der Waals surface area contributed by atoms with E-state index in [2.05, 4.69) is 25.2 Å². The Balaban J connectivity index is 1.63. The summed E-state index contributed by atoms with van der Waals surface area (Å²) in [7, 11) is 0.791. The number of Topliss-reactive ketones (excluding diaryl/α,β-unsaturated/α-hetero) is 2. The summed E-state index contributed by atoms with van der Waals surface area (Å²) in [4.78, 5) is 55.4. The normalized spacial score (nSPS) is 39.7. The van der Waals surface area contributed by atoms with Crippen LogP contribution in [0.25, 0.3) is 0 Å². The van der Waals surface area contributed by atoms with E-state index in [1.165, 1.54) is 19.2 Å². The number of fused-ring (bicyclic) bond motifs is 5. The SMILES string of the molecule is COC(=O)[C@]12CC[C@@H]3[C@@]4(COC(C)=O)C(=O)C[C@H]([Si](C)(C)c5ccccc5)C[C@H]4CC(=O)[C@@]3(C)[C@@]1(O)CC[C@@H]2[C@@H](C)OC. The zero-order valence-electron chi connectivity index (χ0n) is 26.7. The Labute approximate surface area is 256 Å². The van der Waals surface area contributed by atoms with Crippen LogP contribution in [0.1, 0.15) is 65.7 Å². The van der Waals surface area contributed by atoms with E-state index in [1.807, 2.05) is 25.1 Å². The van der Waals surface area contributed by atoms with Crippen molar-refractivity contribution in [2.45, 2.75) is 96.1 Å². The van der Waals surface area contributed by atoms with Crippen molar-refractivity contribution in [2.75, 3.05) is 20.8 Å². The third-order valence-corrected chi connectivity index (χ3v) is 17.3. The van der Waals surface area contributed by atoms with Gasteiger partial charge < -0.3 is 19.3 Å². The molecule has 0 spiro atoms. The number of methoxy groups -OCH3 is 2. The van der Waals surface area contributed by atoms with Gasteiger partial charge in [0.25, 0.3) is 0 Å². The smallest absolute Gasteiger partial charge is 0.315 e. The molecule has 0 amide bonds. The predicted octanol–water partition coefficient (Wildman–Crippen LogP) is 4.23. The van der Waals surface area contributed by atoms with Gasteiger partial charge >= 0.3 is 11.9 Å². The molecule has 0 aliphatic heterocycles. The fraction of sp³-hybridized carbons (Fsp3) is 0.706. The fourth-order valence-electron chi connectivity index (χ4n) is 10.4. The lowest BCUT2D eigenvalue weighted by Crippen LogP contribution is -2.75. The highest BCUT2D eigenvalue weighted by molar-refractivity contribution is 6.91. The second kappa shape index (κ2) is 10.9. The summed E-state index contributed by atoms with van der Waals surface area (Å²) in [5.74, 6) is -2.36. The van der Waals surface area contributed by atoms with Crippen LogP contribution in [-0.4, -0.2) is 69.2 Å². The molecule has 1 aromatic carbocycles. The predicted molar refractivity (Wildman–Crippen MR) is 163 cm³/mol. The quantitative estimate of drug-likeness (QED) is 0.360. The minimum absolute atomic E-state index is 0.0178. The van der Waals surface area contributed by atoms with Crippen molar-refractivity contribution in [2.24, 2.45) is 34.0 Å². The Kier molecular flexibility index (Phi) is 8.13. The standard InChI is InChI=1S/C34H48O8Si/c1-21(40-4)26-13-16-34(39)31(3)27(14-15-33(26,34)30(38)41-5)32(20-42-22(2)35)23(18-28(31)36)17-25(19-29(32)37)43(6,7)24-11-9-8-10-12-24/h8-12,21,23,25-27,39H,13-20H2,1-7H3/t21-,23+,25-,26-,27+,31+,32+,33-,34+/m1/s1. The molecule has 5 rings (SSSR count). The Bertz CT molecular complexity index is 1300.